The Morgan fingerprint density at radius 1 is 0.338 bits per heavy atom. The highest BCUT2D eigenvalue weighted by atomic mass is 16.7. The molecule has 1 rings (SSSR count). The average Bonchev–Trinajstić information content (AvgIpc) is 3.18. The zero-order valence-corrected chi connectivity index (χ0v) is 55.9. The number of rotatable bonds is 27. The van der Waals surface area contributed by atoms with Gasteiger partial charge in [0, 0.05) is 39.2 Å². The van der Waals surface area contributed by atoms with Crippen LogP contribution in [0.1, 0.15) is 220 Å². The molecule has 3 atom stereocenters. The van der Waals surface area contributed by atoms with E-state index in [0.29, 0.717) is 78.8 Å². The van der Waals surface area contributed by atoms with E-state index in [2.05, 4.69) is 118 Å². The third-order valence-electron chi connectivity index (χ3n) is 8.45. The Bertz CT molecular complexity index is 1470. The molecule has 10 N–H and O–H groups in total. The fourth-order valence-electron chi connectivity index (χ4n) is 4.78. The largest absolute Gasteiger partial charge is 0.355 e. The molecule has 0 aliphatic rings. The SMILES string of the molecule is CC(C)(C)COC(C)(C)OCC(C)(C)N.CC(C)(C)COC(OCC(C)(C)N)c1ccccc1.CC(C)(C)COCOCC(C)(C)N.CC(C)C(OCC(C)(C)C)OCC(C)(C)N.CC(OCC(C)(C)C)OCC(C)(C)N. The lowest BCUT2D eigenvalue weighted by atomic mass is 9.98. The first-order valence-corrected chi connectivity index (χ1v) is 28.0. The number of ether oxygens (including phenoxy) is 10. The number of hydrogen-bond acceptors (Lipinski definition) is 15. The van der Waals surface area contributed by atoms with Crippen molar-refractivity contribution in [2.75, 3.05) is 72.9 Å². The van der Waals surface area contributed by atoms with Gasteiger partial charge < -0.3 is 76.0 Å². The molecule has 15 nitrogen and oxygen atoms in total. The minimum atomic E-state index is -0.566. The first-order valence-electron chi connectivity index (χ1n) is 28.0. The van der Waals surface area contributed by atoms with Crippen molar-refractivity contribution in [1.82, 2.24) is 0 Å². The smallest absolute Gasteiger partial charge is 0.183 e. The maximum absolute atomic E-state index is 5.96. The maximum Gasteiger partial charge on any atom is 0.183 e. The molecule has 0 fully saturated rings. The van der Waals surface area contributed by atoms with E-state index in [0.717, 1.165) is 5.56 Å². The standard InChI is InChI=1S/C16H27NO2.C13H29NO2.C12H27NO2.C11H25NO2.C10H23NO2/c1-15(2,3)11-18-14(19-12-16(4,5)17)13-9-7-6-8-10-13;1-10(2)11(15-8-12(3,4)5)16-9-13(6,7)14;1-10(2,3)8-14-12(6,7)15-9-11(4,5)13;1-9(13-7-10(2,3)4)14-8-11(5,6)12;1-9(2,3)6-12-8-13-7-10(4,5)11/h6-10,14H,11-12,17H2,1-5H3;10-11H,8-9,14H2,1-7H3;8-9,13H2,1-7H3;9H,7-8,12H2,1-6H3;6-8,11H2,1-5H3. The zero-order valence-electron chi connectivity index (χ0n) is 55.9. The van der Waals surface area contributed by atoms with Gasteiger partial charge in [0.05, 0.1) is 66.1 Å². The van der Waals surface area contributed by atoms with E-state index in [1.807, 2.05) is 120 Å². The Morgan fingerprint density at radius 3 is 1.01 bits per heavy atom. The Balaban J connectivity index is -0.000000435. The molecule has 3 unspecified atom stereocenters. The summed E-state index contributed by atoms with van der Waals surface area (Å²) in [6.45, 7) is 67.6. The molecule has 0 amide bonds. The molecule has 1 aromatic carbocycles. The van der Waals surface area contributed by atoms with Gasteiger partial charge in [-0.3, -0.25) is 0 Å². The van der Waals surface area contributed by atoms with Crippen LogP contribution in [0.4, 0.5) is 0 Å². The summed E-state index contributed by atoms with van der Waals surface area (Å²) in [5.41, 5.74) is 29.5. The van der Waals surface area contributed by atoms with Gasteiger partial charge in [0.2, 0.25) is 0 Å². The Hall–Kier alpha value is -1.38. The van der Waals surface area contributed by atoms with Crippen molar-refractivity contribution in [2.24, 2.45) is 61.7 Å². The van der Waals surface area contributed by atoms with Crippen molar-refractivity contribution in [3.63, 3.8) is 0 Å². The van der Waals surface area contributed by atoms with Crippen LogP contribution in [0.15, 0.2) is 30.3 Å². The van der Waals surface area contributed by atoms with Crippen LogP contribution in [0, 0.1) is 33.0 Å². The summed E-state index contributed by atoms with van der Waals surface area (Å²) < 4.78 is 56.1. The highest BCUT2D eigenvalue weighted by molar-refractivity contribution is 5.16. The molecular formula is C62H131N5O10. The summed E-state index contributed by atoms with van der Waals surface area (Å²) in [7, 11) is 0. The van der Waals surface area contributed by atoms with Gasteiger partial charge in [0.25, 0.3) is 0 Å². The predicted octanol–water partition coefficient (Wildman–Crippen LogP) is 12.7. The van der Waals surface area contributed by atoms with Gasteiger partial charge in [-0.05, 0) is 117 Å². The van der Waals surface area contributed by atoms with Crippen LogP contribution in [0.3, 0.4) is 0 Å². The van der Waals surface area contributed by atoms with E-state index in [1.165, 1.54) is 0 Å². The molecule has 0 saturated carbocycles. The molecule has 0 saturated heterocycles. The molecule has 0 aromatic heterocycles. The molecule has 0 bridgehead atoms. The summed E-state index contributed by atoms with van der Waals surface area (Å²) in [5, 5.41) is 0. The molecule has 77 heavy (non-hydrogen) atoms. The lowest BCUT2D eigenvalue weighted by Gasteiger charge is -2.32. The third-order valence-corrected chi connectivity index (χ3v) is 8.45. The van der Waals surface area contributed by atoms with E-state index >= 15 is 0 Å². The van der Waals surface area contributed by atoms with Gasteiger partial charge in [-0.2, -0.15) is 0 Å². The average molecular weight is 1110 g/mol. The van der Waals surface area contributed by atoms with Crippen LogP contribution in [-0.4, -0.2) is 119 Å². The second-order valence-electron chi connectivity index (χ2n) is 31.3. The molecule has 1 aromatic rings. The Kier molecular flexibility index (Phi) is 38.6. The van der Waals surface area contributed by atoms with Gasteiger partial charge >= 0.3 is 0 Å². The second-order valence-corrected chi connectivity index (χ2v) is 31.3. The molecular weight excluding hydrogens is 975 g/mol. The van der Waals surface area contributed by atoms with Gasteiger partial charge in [-0.1, -0.05) is 148 Å². The van der Waals surface area contributed by atoms with Crippen LogP contribution in [-0.2, 0) is 47.4 Å². The summed E-state index contributed by atoms with van der Waals surface area (Å²) in [6, 6.07) is 9.98. The lowest BCUT2D eigenvalue weighted by Crippen LogP contribution is -2.42. The summed E-state index contributed by atoms with van der Waals surface area (Å²) >= 11 is 0. The van der Waals surface area contributed by atoms with Crippen LogP contribution >= 0.6 is 0 Å². The van der Waals surface area contributed by atoms with Crippen molar-refractivity contribution in [1.29, 1.82) is 0 Å². The minimum absolute atomic E-state index is 0.106. The van der Waals surface area contributed by atoms with Crippen molar-refractivity contribution in [3.05, 3.63) is 35.9 Å². The number of benzene rings is 1. The zero-order chi connectivity index (χ0) is 61.8. The molecule has 0 heterocycles. The molecule has 0 radical (unpaired) electrons. The van der Waals surface area contributed by atoms with Crippen molar-refractivity contribution in [2.45, 2.75) is 260 Å². The monoisotopic (exact) mass is 1110 g/mol. The van der Waals surface area contributed by atoms with Gasteiger partial charge in [0.1, 0.15) is 6.79 Å². The molecule has 0 aliphatic heterocycles. The first kappa shape index (κ1) is 82.1. The van der Waals surface area contributed by atoms with Gasteiger partial charge in [-0.25, -0.2) is 0 Å². The van der Waals surface area contributed by atoms with Crippen LogP contribution < -0.4 is 28.7 Å². The van der Waals surface area contributed by atoms with Crippen LogP contribution in [0.2, 0.25) is 0 Å². The Morgan fingerprint density at radius 2 is 0.636 bits per heavy atom. The minimum Gasteiger partial charge on any atom is -0.355 e. The number of hydrogen-bond donors (Lipinski definition) is 5. The fraction of sp³-hybridized carbons (Fsp3) is 0.903. The topological polar surface area (TPSA) is 222 Å². The quantitative estimate of drug-likeness (QED) is 0.0408. The molecule has 464 valence electrons. The Labute approximate surface area is 476 Å². The molecule has 0 spiro atoms. The highest BCUT2D eigenvalue weighted by Gasteiger charge is 2.26. The van der Waals surface area contributed by atoms with Crippen LogP contribution in [0.5, 0.6) is 0 Å². The first-order chi connectivity index (χ1) is 33.9. The maximum atomic E-state index is 5.96. The second kappa shape index (κ2) is 36.3. The van der Waals surface area contributed by atoms with E-state index in [-0.39, 0.29) is 73.6 Å². The third kappa shape index (κ3) is 70.7. The van der Waals surface area contributed by atoms with E-state index in [1.54, 1.807) is 0 Å². The number of nitrogens with two attached hydrogens (primary N) is 5. The van der Waals surface area contributed by atoms with Crippen LogP contribution in [0.25, 0.3) is 0 Å². The summed E-state index contributed by atoms with van der Waals surface area (Å²) in [4.78, 5) is 0. The lowest BCUT2D eigenvalue weighted by molar-refractivity contribution is -0.229. The van der Waals surface area contributed by atoms with Crippen molar-refractivity contribution in [3.8, 4) is 0 Å². The van der Waals surface area contributed by atoms with E-state index in [4.69, 9.17) is 76.0 Å². The van der Waals surface area contributed by atoms with Gasteiger partial charge in [0.15, 0.2) is 24.7 Å². The summed E-state index contributed by atoms with van der Waals surface area (Å²) in [6.07, 6.45) is -0.706. The van der Waals surface area contributed by atoms with Crippen molar-refractivity contribution >= 4 is 0 Å². The van der Waals surface area contributed by atoms with E-state index in [9.17, 15) is 0 Å². The predicted molar refractivity (Wildman–Crippen MR) is 324 cm³/mol. The summed E-state index contributed by atoms with van der Waals surface area (Å²) in [5.74, 6) is -0.228. The molecule has 15 heteroatoms. The fourth-order valence-corrected chi connectivity index (χ4v) is 4.78. The highest BCUT2D eigenvalue weighted by Crippen LogP contribution is 2.25. The normalized spacial score (nSPS) is 14.7. The van der Waals surface area contributed by atoms with Crippen molar-refractivity contribution < 1.29 is 47.4 Å². The molecule has 0 aliphatic carbocycles. The van der Waals surface area contributed by atoms with E-state index < -0.39 is 5.79 Å². The van der Waals surface area contributed by atoms with Gasteiger partial charge in [-0.15, -0.1) is 0 Å².